The highest BCUT2D eigenvalue weighted by molar-refractivity contribution is 6.30. The van der Waals surface area contributed by atoms with Gasteiger partial charge in [0.2, 0.25) is 0 Å². The maximum Gasteiger partial charge on any atom is 0.153 e. The standard InChI is InChI=1S/C18H19ClO3/c1-12-8-13(2)14(3)18(9-12)22-7-6-21-17-5-4-16(19)10-15(17)11-20/h4-5,8-11H,6-7H2,1-3H3. The zero-order valence-electron chi connectivity index (χ0n) is 13.0. The molecule has 0 amide bonds. The molecule has 0 fully saturated rings. The van der Waals surface area contributed by atoms with Crippen molar-refractivity contribution in [1.29, 1.82) is 0 Å². The number of rotatable bonds is 6. The molecule has 2 rings (SSSR count). The third kappa shape index (κ3) is 4.01. The number of carbonyl (C=O) groups excluding carboxylic acids is 1. The second-order valence-electron chi connectivity index (χ2n) is 5.20. The van der Waals surface area contributed by atoms with Gasteiger partial charge in [0.1, 0.15) is 24.7 Å². The van der Waals surface area contributed by atoms with Gasteiger partial charge in [0.25, 0.3) is 0 Å². The van der Waals surface area contributed by atoms with Gasteiger partial charge in [0.15, 0.2) is 6.29 Å². The van der Waals surface area contributed by atoms with E-state index in [2.05, 4.69) is 13.0 Å². The van der Waals surface area contributed by atoms with Crippen LogP contribution in [0.2, 0.25) is 5.02 Å². The SMILES string of the molecule is Cc1cc(C)c(C)c(OCCOc2ccc(Cl)cc2C=O)c1. The lowest BCUT2D eigenvalue weighted by Crippen LogP contribution is -2.11. The van der Waals surface area contributed by atoms with Crippen molar-refractivity contribution in [3.8, 4) is 11.5 Å². The fraction of sp³-hybridized carbons (Fsp3) is 0.278. The highest BCUT2D eigenvalue weighted by Crippen LogP contribution is 2.24. The summed E-state index contributed by atoms with van der Waals surface area (Å²) in [5.41, 5.74) is 3.94. The largest absolute Gasteiger partial charge is 0.490 e. The Hall–Kier alpha value is -2.00. The monoisotopic (exact) mass is 318 g/mol. The van der Waals surface area contributed by atoms with Gasteiger partial charge in [-0.1, -0.05) is 17.7 Å². The van der Waals surface area contributed by atoms with Crippen LogP contribution in [0.5, 0.6) is 11.5 Å². The first-order chi connectivity index (χ1) is 10.5. The van der Waals surface area contributed by atoms with Crippen LogP contribution in [0.4, 0.5) is 0 Å². The van der Waals surface area contributed by atoms with E-state index in [0.29, 0.717) is 29.5 Å². The van der Waals surface area contributed by atoms with E-state index in [1.807, 2.05) is 19.9 Å². The van der Waals surface area contributed by atoms with E-state index in [-0.39, 0.29) is 0 Å². The molecule has 3 nitrogen and oxygen atoms in total. The number of hydrogen-bond donors (Lipinski definition) is 0. The lowest BCUT2D eigenvalue weighted by atomic mass is 10.1. The fourth-order valence-corrected chi connectivity index (χ4v) is 2.38. The molecular weight excluding hydrogens is 300 g/mol. The summed E-state index contributed by atoms with van der Waals surface area (Å²) < 4.78 is 11.4. The number of carbonyl (C=O) groups is 1. The minimum Gasteiger partial charge on any atom is -0.490 e. The highest BCUT2D eigenvalue weighted by atomic mass is 35.5. The van der Waals surface area contributed by atoms with Crippen LogP contribution in [0.25, 0.3) is 0 Å². The van der Waals surface area contributed by atoms with E-state index < -0.39 is 0 Å². The molecule has 0 aliphatic heterocycles. The molecule has 0 saturated heterocycles. The summed E-state index contributed by atoms with van der Waals surface area (Å²) in [6, 6.07) is 9.11. The first-order valence-corrected chi connectivity index (χ1v) is 7.47. The molecule has 0 aliphatic rings. The number of benzene rings is 2. The Bertz CT molecular complexity index is 680. The van der Waals surface area contributed by atoms with Crippen molar-refractivity contribution in [3.63, 3.8) is 0 Å². The molecule has 0 spiro atoms. The zero-order valence-corrected chi connectivity index (χ0v) is 13.7. The van der Waals surface area contributed by atoms with Gasteiger partial charge in [-0.25, -0.2) is 0 Å². The maximum atomic E-state index is 11.0. The van der Waals surface area contributed by atoms with E-state index in [9.17, 15) is 4.79 Å². The molecule has 0 saturated carbocycles. The van der Waals surface area contributed by atoms with Crippen LogP contribution in [-0.2, 0) is 0 Å². The average molecular weight is 319 g/mol. The number of hydrogen-bond acceptors (Lipinski definition) is 3. The molecule has 0 unspecified atom stereocenters. The summed E-state index contributed by atoms with van der Waals surface area (Å²) in [6.07, 6.45) is 0.732. The molecule has 0 N–H and O–H groups in total. The van der Waals surface area contributed by atoms with Crippen LogP contribution < -0.4 is 9.47 Å². The molecule has 116 valence electrons. The molecule has 0 aromatic heterocycles. The molecule has 4 heteroatoms. The van der Waals surface area contributed by atoms with E-state index in [1.54, 1.807) is 18.2 Å². The van der Waals surface area contributed by atoms with Crippen LogP contribution in [-0.4, -0.2) is 19.5 Å². The lowest BCUT2D eigenvalue weighted by Gasteiger charge is -2.13. The lowest BCUT2D eigenvalue weighted by molar-refractivity contribution is 0.111. The van der Waals surface area contributed by atoms with E-state index in [1.165, 1.54) is 11.1 Å². The normalized spacial score (nSPS) is 10.4. The van der Waals surface area contributed by atoms with Gasteiger partial charge in [-0.2, -0.15) is 0 Å². The molecule has 2 aromatic carbocycles. The Kier molecular flexibility index (Phi) is 5.45. The number of aldehydes is 1. The van der Waals surface area contributed by atoms with E-state index in [0.717, 1.165) is 17.6 Å². The Morgan fingerprint density at radius 1 is 1.00 bits per heavy atom. The van der Waals surface area contributed by atoms with Gasteiger partial charge in [-0.15, -0.1) is 0 Å². The Balaban J connectivity index is 1.94. The van der Waals surface area contributed by atoms with E-state index in [4.69, 9.17) is 21.1 Å². The Morgan fingerprint density at radius 2 is 1.68 bits per heavy atom. The number of halogens is 1. The van der Waals surface area contributed by atoms with Gasteiger partial charge in [-0.3, -0.25) is 4.79 Å². The third-order valence-electron chi connectivity index (χ3n) is 3.46. The predicted molar refractivity (Wildman–Crippen MR) is 88.5 cm³/mol. The van der Waals surface area contributed by atoms with Crippen molar-refractivity contribution in [2.75, 3.05) is 13.2 Å². The molecule has 0 radical (unpaired) electrons. The van der Waals surface area contributed by atoms with Gasteiger partial charge >= 0.3 is 0 Å². The molecule has 0 atom stereocenters. The van der Waals surface area contributed by atoms with Crippen molar-refractivity contribution in [1.82, 2.24) is 0 Å². The molecule has 0 bridgehead atoms. The number of ether oxygens (including phenoxy) is 2. The minimum atomic E-state index is 0.356. The summed E-state index contributed by atoms with van der Waals surface area (Å²) in [6.45, 7) is 6.91. The van der Waals surface area contributed by atoms with Crippen LogP contribution in [0.15, 0.2) is 30.3 Å². The van der Waals surface area contributed by atoms with Crippen LogP contribution in [0.1, 0.15) is 27.0 Å². The van der Waals surface area contributed by atoms with Crippen LogP contribution in [0, 0.1) is 20.8 Å². The predicted octanol–water partition coefficient (Wildman–Crippen LogP) is 4.54. The quantitative estimate of drug-likeness (QED) is 0.579. The summed E-state index contributed by atoms with van der Waals surface area (Å²) in [7, 11) is 0. The van der Waals surface area contributed by atoms with Gasteiger partial charge in [0, 0.05) is 5.02 Å². The Morgan fingerprint density at radius 3 is 2.36 bits per heavy atom. The van der Waals surface area contributed by atoms with Gasteiger partial charge in [0.05, 0.1) is 5.56 Å². The van der Waals surface area contributed by atoms with E-state index >= 15 is 0 Å². The molecular formula is C18H19ClO3. The first kappa shape index (κ1) is 16.4. The summed E-state index contributed by atoms with van der Waals surface area (Å²) in [5, 5.41) is 0.511. The summed E-state index contributed by atoms with van der Waals surface area (Å²) in [4.78, 5) is 11.0. The van der Waals surface area contributed by atoms with Crippen molar-refractivity contribution < 1.29 is 14.3 Å². The molecule has 2 aromatic rings. The molecule has 22 heavy (non-hydrogen) atoms. The average Bonchev–Trinajstić information content (AvgIpc) is 2.49. The minimum absolute atomic E-state index is 0.356. The molecule has 0 heterocycles. The van der Waals surface area contributed by atoms with Crippen molar-refractivity contribution in [3.05, 3.63) is 57.6 Å². The van der Waals surface area contributed by atoms with Crippen LogP contribution >= 0.6 is 11.6 Å². The summed E-state index contributed by atoms with van der Waals surface area (Å²) in [5.74, 6) is 1.38. The van der Waals surface area contributed by atoms with Crippen molar-refractivity contribution in [2.45, 2.75) is 20.8 Å². The maximum absolute atomic E-state index is 11.0. The zero-order chi connectivity index (χ0) is 16.1. The smallest absolute Gasteiger partial charge is 0.153 e. The number of aryl methyl sites for hydroxylation is 2. The van der Waals surface area contributed by atoms with Gasteiger partial charge < -0.3 is 9.47 Å². The van der Waals surface area contributed by atoms with Gasteiger partial charge in [-0.05, 0) is 61.7 Å². The van der Waals surface area contributed by atoms with Crippen LogP contribution in [0.3, 0.4) is 0 Å². The highest BCUT2D eigenvalue weighted by Gasteiger charge is 2.06. The topological polar surface area (TPSA) is 35.5 Å². The fourth-order valence-electron chi connectivity index (χ4n) is 2.20. The van der Waals surface area contributed by atoms with Crippen molar-refractivity contribution >= 4 is 17.9 Å². The second-order valence-corrected chi connectivity index (χ2v) is 5.64. The summed E-state index contributed by atoms with van der Waals surface area (Å²) >= 11 is 5.84. The Labute approximate surface area is 135 Å². The van der Waals surface area contributed by atoms with Crippen molar-refractivity contribution in [2.24, 2.45) is 0 Å². The third-order valence-corrected chi connectivity index (χ3v) is 3.70. The molecule has 0 aliphatic carbocycles. The first-order valence-electron chi connectivity index (χ1n) is 7.09. The second kappa shape index (κ2) is 7.32.